The summed E-state index contributed by atoms with van der Waals surface area (Å²) in [7, 11) is 0. The summed E-state index contributed by atoms with van der Waals surface area (Å²) in [4.78, 5) is 0. The standard InChI is InChI=1S/C23H27N.C2H6/c1-7-11-18(15-17(5)6)19-13-14-23-21(16-19)20(9-3)22(12-8-2)24(23)10-4;1-2/h7-9,11-16H,1,3,10H2,2,4-6H3;1-2H3/b12-8-,18-11+;. The molecule has 1 nitrogen and oxygen atoms in total. The van der Waals surface area contributed by atoms with Gasteiger partial charge in [-0.2, -0.15) is 0 Å². The van der Waals surface area contributed by atoms with Crippen molar-refractivity contribution in [2.24, 2.45) is 0 Å². The number of fused-ring (bicyclic) bond motifs is 1. The minimum absolute atomic E-state index is 0.937. The van der Waals surface area contributed by atoms with Gasteiger partial charge in [-0.05, 0) is 57.0 Å². The maximum atomic E-state index is 4.04. The summed E-state index contributed by atoms with van der Waals surface area (Å²) >= 11 is 0. The van der Waals surface area contributed by atoms with Crippen LogP contribution in [0.4, 0.5) is 0 Å². The third-order valence-electron chi connectivity index (χ3n) is 4.06. The first-order valence-electron chi connectivity index (χ1n) is 9.46. The highest BCUT2D eigenvalue weighted by molar-refractivity contribution is 5.96. The molecule has 0 unspecified atom stereocenters. The molecule has 1 heteroatoms. The Bertz CT molecular complexity index is 850. The van der Waals surface area contributed by atoms with Crippen molar-refractivity contribution < 1.29 is 0 Å². The highest BCUT2D eigenvalue weighted by atomic mass is 15.0. The summed E-state index contributed by atoms with van der Waals surface area (Å²) in [6.45, 7) is 21.3. The number of rotatable bonds is 6. The van der Waals surface area contributed by atoms with Gasteiger partial charge >= 0.3 is 0 Å². The summed E-state index contributed by atoms with van der Waals surface area (Å²) in [5.41, 5.74) is 7.32. The molecular weight excluding hydrogens is 314 g/mol. The van der Waals surface area contributed by atoms with E-state index in [2.05, 4.69) is 87.9 Å². The van der Waals surface area contributed by atoms with Gasteiger partial charge in [-0.15, -0.1) is 0 Å². The molecule has 0 fully saturated rings. The van der Waals surface area contributed by atoms with Crippen LogP contribution in [0.15, 0.2) is 61.2 Å². The number of hydrogen-bond donors (Lipinski definition) is 0. The minimum atomic E-state index is 0.937. The van der Waals surface area contributed by atoms with E-state index < -0.39 is 0 Å². The Kier molecular flexibility index (Phi) is 8.64. The molecule has 1 aromatic heterocycles. The van der Waals surface area contributed by atoms with Crippen molar-refractivity contribution in [3.63, 3.8) is 0 Å². The van der Waals surface area contributed by atoms with Gasteiger partial charge in [0.15, 0.2) is 0 Å². The second-order valence-electron chi connectivity index (χ2n) is 6.06. The molecule has 0 bridgehead atoms. The largest absolute Gasteiger partial charge is 0.341 e. The Morgan fingerprint density at radius 1 is 1.15 bits per heavy atom. The third-order valence-corrected chi connectivity index (χ3v) is 4.06. The van der Waals surface area contributed by atoms with Crippen molar-refractivity contribution in [3.05, 3.63) is 78.1 Å². The molecule has 2 aromatic rings. The number of hydrogen-bond acceptors (Lipinski definition) is 0. The van der Waals surface area contributed by atoms with Crippen LogP contribution < -0.4 is 0 Å². The van der Waals surface area contributed by atoms with Crippen LogP contribution in [0.3, 0.4) is 0 Å². The van der Waals surface area contributed by atoms with Crippen LogP contribution in [-0.2, 0) is 6.54 Å². The lowest BCUT2D eigenvalue weighted by Gasteiger charge is -2.07. The molecule has 0 aliphatic carbocycles. The van der Waals surface area contributed by atoms with Gasteiger partial charge in [-0.1, -0.05) is 69.0 Å². The number of benzene rings is 1. The van der Waals surface area contributed by atoms with Gasteiger partial charge in [0, 0.05) is 28.7 Å². The van der Waals surface area contributed by atoms with Crippen molar-refractivity contribution in [2.45, 2.75) is 48.1 Å². The van der Waals surface area contributed by atoms with Crippen LogP contribution in [0.25, 0.3) is 28.6 Å². The van der Waals surface area contributed by atoms with E-state index in [4.69, 9.17) is 0 Å². The monoisotopic (exact) mass is 347 g/mol. The first kappa shape index (κ1) is 21.5. The minimum Gasteiger partial charge on any atom is -0.341 e. The Labute approximate surface area is 159 Å². The van der Waals surface area contributed by atoms with E-state index in [9.17, 15) is 0 Å². The fourth-order valence-corrected chi connectivity index (χ4v) is 3.14. The Hall–Kier alpha value is -2.54. The topological polar surface area (TPSA) is 4.93 Å². The Morgan fingerprint density at radius 3 is 2.35 bits per heavy atom. The van der Waals surface area contributed by atoms with Crippen molar-refractivity contribution >= 4 is 28.6 Å². The highest BCUT2D eigenvalue weighted by Crippen LogP contribution is 2.31. The average Bonchev–Trinajstić information content (AvgIpc) is 2.94. The van der Waals surface area contributed by atoms with E-state index in [0.29, 0.717) is 0 Å². The molecule has 0 radical (unpaired) electrons. The van der Waals surface area contributed by atoms with Crippen molar-refractivity contribution in [2.75, 3.05) is 0 Å². The van der Waals surface area contributed by atoms with Gasteiger partial charge in [0.05, 0.1) is 0 Å². The number of nitrogens with zero attached hydrogens (tertiary/aromatic N) is 1. The smallest absolute Gasteiger partial charge is 0.0491 e. The van der Waals surface area contributed by atoms with Gasteiger partial charge in [0.2, 0.25) is 0 Å². The third kappa shape index (κ3) is 4.54. The number of aryl methyl sites for hydroxylation is 1. The maximum absolute atomic E-state index is 4.04. The summed E-state index contributed by atoms with van der Waals surface area (Å²) in [6.07, 6.45) is 12.3. The number of aromatic nitrogens is 1. The molecule has 0 spiro atoms. The van der Waals surface area contributed by atoms with Gasteiger partial charge in [-0.25, -0.2) is 0 Å². The second-order valence-corrected chi connectivity index (χ2v) is 6.06. The molecule has 2 rings (SSSR count). The van der Waals surface area contributed by atoms with Crippen LogP contribution in [0.1, 0.15) is 58.4 Å². The molecule has 0 aliphatic heterocycles. The summed E-state index contributed by atoms with van der Waals surface area (Å²) < 4.78 is 2.34. The van der Waals surface area contributed by atoms with E-state index in [-0.39, 0.29) is 0 Å². The molecular formula is C25H33N. The van der Waals surface area contributed by atoms with Crippen LogP contribution in [0.5, 0.6) is 0 Å². The first-order valence-corrected chi connectivity index (χ1v) is 9.46. The van der Waals surface area contributed by atoms with E-state index >= 15 is 0 Å². The predicted molar refractivity (Wildman–Crippen MR) is 121 cm³/mol. The molecule has 0 atom stereocenters. The normalized spacial score (nSPS) is 11.2. The molecule has 0 saturated carbocycles. The average molecular weight is 348 g/mol. The fourth-order valence-electron chi connectivity index (χ4n) is 3.14. The summed E-state index contributed by atoms with van der Waals surface area (Å²) in [6, 6.07) is 6.67. The zero-order chi connectivity index (χ0) is 19.7. The van der Waals surface area contributed by atoms with Gasteiger partial charge in [0.1, 0.15) is 0 Å². The van der Waals surface area contributed by atoms with E-state index in [1.54, 1.807) is 0 Å². The molecule has 26 heavy (non-hydrogen) atoms. The van der Waals surface area contributed by atoms with Gasteiger partial charge in [0.25, 0.3) is 0 Å². The van der Waals surface area contributed by atoms with E-state index in [1.807, 2.05) is 26.0 Å². The highest BCUT2D eigenvalue weighted by Gasteiger charge is 2.13. The van der Waals surface area contributed by atoms with E-state index in [0.717, 1.165) is 6.54 Å². The lowest BCUT2D eigenvalue weighted by atomic mass is 10.00. The van der Waals surface area contributed by atoms with Crippen LogP contribution >= 0.6 is 0 Å². The Morgan fingerprint density at radius 2 is 1.85 bits per heavy atom. The molecule has 0 N–H and O–H groups in total. The van der Waals surface area contributed by atoms with Crippen LogP contribution in [0, 0.1) is 0 Å². The van der Waals surface area contributed by atoms with Gasteiger partial charge in [-0.3, -0.25) is 0 Å². The molecule has 0 aliphatic rings. The molecule has 1 heterocycles. The molecule has 1 aromatic carbocycles. The molecule has 0 amide bonds. The van der Waals surface area contributed by atoms with Crippen LogP contribution in [-0.4, -0.2) is 4.57 Å². The SMILES string of the molecule is C=C/C=C(\C=C(C)C)c1ccc2c(c1)c(C=C)c(/C=C\C)n2CC.CC. The van der Waals surface area contributed by atoms with E-state index in [1.165, 1.54) is 38.9 Å². The van der Waals surface area contributed by atoms with Crippen molar-refractivity contribution in [1.29, 1.82) is 0 Å². The van der Waals surface area contributed by atoms with Crippen molar-refractivity contribution in [1.82, 2.24) is 4.57 Å². The zero-order valence-corrected chi connectivity index (χ0v) is 17.3. The fraction of sp³-hybridized carbons (Fsp3) is 0.280. The maximum Gasteiger partial charge on any atom is 0.0491 e. The lowest BCUT2D eigenvalue weighted by molar-refractivity contribution is 0.789. The summed E-state index contributed by atoms with van der Waals surface area (Å²) in [5, 5.41) is 1.24. The van der Waals surface area contributed by atoms with Crippen molar-refractivity contribution in [3.8, 4) is 0 Å². The quantitative estimate of drug-likeness (QED) is 0.468. The van der Waals surface area contributed by atoms with Gasteiger partial charge < -0.3 is 4.57 Å². The number of allylic oxidation sites excluding steroid dienone is 6. The zero-order valence-electron chi connectivity index (χ0n) is 17.3. The summed E-state index contributed by atoms with van der Waals surface area (Å²) in [5.74, 6) is 0. The predicted octanol–water partition coefficient (Wildman–Crippen LogP) is 7.90. The van der Waals surface area contributed by atoms with Crippen LogP contribution in [0.2, 0.25) is 0 Å². The lowest BCUT2D eigenvalue weighted by Crippen LogP contribution is -1.96. The molecule has 0 saturated heterocycles. The second kappa shape index (κ2) is 10.5. The molecule has 138 valence electrons. The first-order chi connectivity index (χ1) is 12.6. The Balaban J connectivity index is 0.00000163.